The molecule has 2 aromatic carbocycles. The summed E-state index contributed by atoms with van der Waals surface area (Å²) in [6.07, 6.45) is 1.59. The topological polar surface area (TPSA) is 60.7 Å². The van der Waals surface area contributed by atoms with E-state index in [0.29, 0.717) is 19.6 Å². The number of thioether (sulfide) groups is 1. The van der Waals surface area contributed by atoms with E-state index in [9.17, 15) is 9.90 Å². The second kappa shape index (κ2) is 12.8. The van der Waals surface area contributed by atoms with Gasteiger partial charge in [-0.15, -0.1) is 11.8 Å². The van der Waals surface area contributed by atoms with Crippen molar-refractivity contribution in [1.82, 2.24) is 4.57 Å². The third-order valence-electron chi connectivity index (χ3n) is 5.16. The second-order valence-electron chi connectivity index (χ2n) is 7.22. The van der Waals surface area contributed by atoms with Crippen LogP contribution >= 0.6 is 11.8 Å². The van der Waals surface area contributed by atoms with Crippen molar-refractivity contribution in [2.24, 2.45) is 0 Å². The average Bonchev–Trinajstić information content (AvgIpc) is 3.15. The summed E-state index contributed by atoms with van der Waals surface area (Å²) in [4.78, 5) is 12.5. The van der Waals surface area contributed by atoms with Crippen LogP contribution in [0.5, 0.6) is 5.75 Å². The third kappa shape index (κ3) is 6.91. The predicted octanol–water partition coefficient (Wildman–Crippen LogP) is 5.29. The SMILES string of the molecule is CCOC(Cc1ccc(OCCn2c(C)ccc2-c2ccc(SC)cc2)cc1)C(=O)O.[Mn]. The van der Waals surface area contributed by atoms with Gasteiger partial charge in [0.2, 0.25) is 0 Å². The van der Waals surface area contributed by atoms with Crippen LogP contribution in [0, 0.1) is 6.92 Å². The molecule has 5 nitrogen and oxygen atoms in total. The Hall–Kier alpha value is -2.18. The number of carboxylic acids is 1. The number of carbonyl (C=O) groups is 1. The van der Waals surface area contributed by atoms with Gasteiger partial charge in [0.15, 0.2) is 6.10 Å². The van der Waals surface area contributed by atoms with E-state index in [1.54, 1.807) is 18.7 Å². The molecule has 0 aliphatic carbocycles. The minimum Gasteiger partial charge on any atom is -0.492 e. The van der Waals surface area contributed by atoms with Gasteiger partial charge >= 0.3 is 5.97 Å². The molecule has 1 atom stereocenters. The molecular weight excluding hydrogens is 465 g/mol. The van der Waals surface area contributed by atoms with Gasteiger partial charge in [-0.2, -0.15) is 0 Å². The fourth-order valence-corrected chi connectivity index (χ4v) is 3.90. The first kappa shape index (κ1) is 26.1. The van der Waals surface area contributed by atoms with Crippen LogP contribution in [0.1, 0.15) is 18.2 Å². The largest absolute Gasteiger partial charge is 0.492 e. The summed E-state index contributed by atoms with van der Waals surface area (Å²) < 4.78 is 13.5. The van der Waals surface area contributed by atoms with Crippen molar-refractivity contribution in [3.05, 3.63) is 71.9 Å². The Balaban J connectivity index is 0.00000363. The molecule has 0 saturated heterocycles. The van der Waals surface area contributed by atoms with Gasteiger partial charge in [-0.1, -0.05) is 24.3 Å². The molecule has 1 N–H and O–H groups in total. The predicted molar refractivity (Wildman–Crippen MR) is 125 cm³/mol. The summed E-state index contributed by atoms with van der Waals surface area (Å²) >= 11 is 1.74. The van der Waals surface area contributed by atoms with Crippen molar-refractivity contribution < 1.29 is 36.4 Å². The van der Waals surface area contributed by atoms with E-state index < -0.39 is 12.1 Å². The van der Waals surface area contributed by atoms with Gasteiger partial charge in [0, 0.05) is 46.4 Å². The van der Waals surface area contributed by atoms with Gasteiger partial charge in [-0.25, -0.2) is 4.79 Å². The zero-order valence-corrected chi connectivity index (χ0v) is 20.6. The normalized spacial score (nSPS) is 11.6. The van der Waals surface area contributed by atoms with Crippen LogP contribution in [0.15, 0.2) is 65.6 Å². The van der Waals surface area contributed by atoms with Crippen LogP contribution in [0.2, 0.25) is 0 Å². The quantitative estimate of drug-likeness (QED) is 0.290. The molecule has 1 aromatic heterocycles. The van der Waals surface area contributed by atoms with Crippen LogP contribution in [0.4, 0.5) is 0 Å². The van der Waals surface area contributed by atoms with Gasteiger partial charge < -0.3 is 19.1 Å². The monoisotopic (exact) mass is 494 g/mol. The van der Waals surface area contributed by atoms with Crippen molar-refractivity contribution >= 4 is 17.7 Å². The molecule has 1 heterocycles. The van der Waals surface area contributed by atoms with E-state index in [1.165, 1.54) is 21.8 Å². The van der Waals surface area contributed by atoms with E-state index >= 15 is 0 Å². The molecule has 1 radical (unpaired) electrons. The number of carboxylic acid groups (broad SMARTS) is 1. The summed E-state index contributed by atoms with van der Waals surface area (Å²) in [5.74, 6) is -0.175. The van der Waals surface area contributed by atoms with Crippen molar-refractivity contribution in [3.63, 3.8) is 0 Å². The number of aliphatic carboxylic acids is 1. The fourth-order valence-electron chi connectivity index (χ4n) is 3.49. The Morgan fingerprint density at radius 1 is 1.06 bits per heavy atom. The van der Waals surface area contributed by atoms with Crippen LogP contribution in [0.25, 0.3) is 11.3 Å². The summed E-state index contributed by atoms with van der Waals surface area (Å²) in [6.45, 7) is 5.56. The zero-order valence-electron chi connectivity index (χ0n) is 18.6. The number of aromatic nitrogens is 1. The molecule has 0 fully saturated rings. The van der Waals surface area contributed by atoms with Gasteiger partial charge in [-0.3, -0.25) is 0 Å². The number of hydrogen-bond acceptors (Lipinski definition) is 4. The van der Waals surface area contributed by atoms with Crippen LogP contribution in [-0.4, -0.2) is 41.2 Å². The van der Waals surface area contributed by atoms with Crippen LogP contribution in [0.3, 0.4) is 0 Å². The van der Waals surface area contributed by atoms with E-state index in [2.05, 4.69) is 54.1 Å². The molecule has 3 rings (SSSR count). The minimum atomic E-state index is -0.942. The molecular formula is C25H29MnNO4S. The molecule has 3 aromatic rings. The van der Waals surface area contributed by atoms with Crippen LogP contribution < -0.4 is 4.74 Å². The molecule has 7 heteroatoms. The second-order valence-corrected chi connectivity index (χ2v) is 8.10. The maximum Gasteiger partial charge on any atom is 0.333 e. The molecule has 0 aliphatic heterocycles. The fraction of sp³-hybridized carbons (Fsp3) is 0.320. The molecule has 0 saturated carbocycles. The van der Waals surface area contributed by atoms with Gasteiger partial charge in [0.05, 0.1) is 6.54 Å². The van der Waals surface area contributed by atoms with Crippen molar-refractivity contribution in [1.29, 1.82) is 0 Å². The first-order valence-corrected chi connectivity index (χ1v) is 11.6. The number of benzene rings is 2. The van der Waals surface area contributed by atoms with Gasteiger partial charge in [-0.05, 0) is 67.6 Å². The molecule has 171 valence electrons. The maximum atomic E-state index is 11.3. The average molecular weight is 495 g/mol. The van der Waals surface area contributed by atoms with E-state index in [-0.39, 0.29) is 17.1 Å². The van der Waals surface area contributed by atoms with Gasteiger partial charge in [0.1, 0.15) is 12.4 Å². The standard InChI is InChI=1S/C25H29NO4S.Mn/c1-4-29-24(25(27)28)17-19-6-10-21(11-7-19)30-16-15-26-18(2)5-14-23(26)20-8-12-22(31-3)13-9-20;/h5-14,24H,4,15-17H2,1-3H3,(H,27,28);. The number of aryl methyl sites for hydroxylation is 1. The molecule has 0 bridgehead atoms. The van der Waals surface area contributed by atoms with Crippen molar-refractivity contribution in [2.45, 2.75) is 37.8 Å². The van der Waals surface area contributed by atoms with Gasteiger partial charge in [0.25, 0.3) is 0 Å². The summed E-state index contributed by atoms with van der Waals surface area (Å²) in [5.41, 5.74) is 4.47. The zero-order chi connectivity index (χ0) is 22.2. The molecule has 0 amide bonds. The van der Waals surface area contributed by atoms with E-state index in [0.717, 1.165) is 17.9 Å². The Morgan fingerprint density at radius 2 is 1.75 bits per heavy atom. The molecule has 32 heavy (non-hydrogen) atoms. The first-order chi connectivity index (χ1) is 15.0. The third-order valence-corrected chi connectivity index (χ3v) is 5.90. The van der Waals surface area contributed by atoms with E-state index in [4.69, 9.17) is 9.47 Å². The van der Waals surface area contributed by atoms with Crippen molar-refractivity contribution in [2.75, 3.05) is 19.5 Å². The molecule has 0 aliphatic rings. The molecule has 1 unspecified atom stereocenters. The Morgan fingerprint density at radius 3 is 2.34 bits per heavy atom. The maximum absolute atomic E-state index is 11.3. The van der Waals surface area contributed by atoms with Crippen molar-refractivity contribution in [3.8, 4) is 17.0 Å². The Labute approximate surface area is 204 Å². The Kier molecular flexibility index (Phi) is 10.4. The number of nitrogens with zero attached hydrogens (tertiary/aromatic N) is 1. The summed E-state index contributed by atoms with van der Waals surface area (Å²) in [7, 11) is 0. The number of hydrogen-bond donors (Lipinski definition) is 1. The summed E-state index contributed by atoms with van der Waals surface area (Å²) in [5, 5.41) is 9.23. The minimum absolute atomic E-state index is 0. The smallest absolute Gasteiger partial charge is 0.333 e. The number of ether oxygens (including phenoxy) is 2. The summed E-state index contributed by atoms with van der Waals surface area (Å²) in [6, 6.07) is 20.4. The Bertz CT molecular complexity index is 986. The molecule has 0 spiro atoms. The number of rotatable bonds is 11. The van der Waals surface area contributed by atoms with Crippen LogP contribution in [-0.2, 0) is 39.6 Å². The first-order valence-electron chi connectivity index (χ1n) is 10.4. The van der Waals surface area contributed by atoms with E-state index in [1.807, 2.05) is 24.3 Å².